The minimum absolute atomic E-state index is 0.0933. The second-order valence-electron chi connectivity index (χ2n) is 14.1. The number of aromatic nitrogens is 1. The van der Waals surface area contributed by atoms with E-state index in [0.29, 0.717) is 0 Å². The van der Waals surface area contributed by atoms with Crippen LogP contribution in [0.4, 0.5) is 0 Å². The Bertz CT molecular complexity index is 3030. The Morgan fingerprint density at radius 1 is 0.354 bits per heavy atom. The van der Waals surface area contributed by atoms with Crippen molar-refractivity contribution < 1.29 is 0 Å². The molecular formula is C47H31N. The Morgan fingerprint density at radius 3 is 1.56 bits per heavy atom. The summed E-state index contributed by atoms with van der Waals surface area (Å²) in [6, 6.07) is 56.9. The number of hydrogen-bond acceptors (Lipinski definition) is 0. The van der Waals surface area contributed by atoms with Gasteiger partial charge in [0.2, 0.25) is 0 Å². The van der Waals surface area contributed by atoms with Crippen molar-refractivity contribution in [3.63, 3.8) is 0 Å². The Morgan fingerprint density at radius 2 is 0.854 bits per heavy atom. The van der Waals surface area contributed by atoms with Crippen molar-refractivity contribution >= 4 is 75.7 Å². The average Bonchev–Trinajstić information content (AvgIpc) is 3.57. The van der Waals surface area contributed by atoms with Crippen LogP contribution >= 0.6 is 0 Å². The molecule has 0 radical (unpaired) electrons. The molecule has 0 atom stereocenters. The monoisotopic (exact) mass is 609 g/mol. The first-order valence-corrected chi connectivity index (χ1v) is 16.9. The molecule has 1 aliphatic rings. The van der Waals surface area contributed by atoms with Crippen LogP contribution in [0.2, 0.25) is 0 Å². The zero-order valence-electron chi connectivity index (χ0n) is 26.9. The van der Waals surface area contributed by atoms with Crippen LogP contribution in [0.15, 0.2) is 152 Å². The quantitative estimate of drug-likeness (QED) is 0.163. The number of hydrogen-bond donors (Lipinski definition) is 0. The molecule has 0 saturated carbocycles. The zero-order valence-corrected chi connectivity index (χ0v) is 26.9. The summed E-state index contributed by atoms with van der Waals surface area (Å²) in [5.74, 6) is 0. The molecule has 11 rings (SSSR count). The maximum Gasteiger partial charge on any atom is 0.0547 e. The molecule has 1 heteroatoms. The normalized spacial score (nSPS) is 13.8. The second-order valence-corrected chi connectivity index (χ2v) is 14.1. The Balaban J connectivity index is 1.39. The van der Waals surface area contributed by atoms with E-state index in [1.54, 1.807) is 0 Å². The van der Waals surface area contributed by atoms with Gasteiger partial charge in [-0.2, -0.15) is 0 Å². The van der Waals surface area contributed by atoms with Crippen LogP contribution in [0.3, 0.4) is 0 Å². The molecule has 48 heavy (non-hydrogen) atoms. The molecule has 1 nitrogen and oxygen atoms in total. The van der Waals surface area contributed by atoms with Gasteiger partial charge < -0.3 is 4.57 Å². The van der Waals surface area contributed by atoms with E-state index in [1.807, 2.05) is 0 Å². The molecule has 0 saturated heterocycles. The molecular weight excluding hydrogens is 579 g/mol. The third kappa shape index (κ3) is 3.26. The van der Waals surface area contributed by atoms with Crippen LogP contribution in [0, 0.1) is 0 Å². The Kier molecular flexibility index (Phi) is 4.97. The van der Waals surface area contributed by atoms with E-state index in [-0.39, 0.29) is 5.41 Å². The molecule has 0 unspecified atom stereocenters. The number of benzene rings is 9. The van der Waals surface area contributed by atoms with Crippen molar-refractivity contribution in [2.75, 3.05) is 0 Å². The van der Waals surface area contributed by atoms with Gasteiger partial charge in [0.15, 0.2) is 0 Å². The molecule has 0 N–H and O–H groups in total. The summed E-state index contributed by atoms with van der Waals surface area (Å²) in [6.07, 6.45) is 0. The van der Waals surface area contributed by atoms with E-state index in [4.69, 9.17) is 0 Å². The van der Waals surface area contributed by atoms with E-state index in [9.17, 15) is 0 Å². The molecule has 0 bridgehead atoms. The van der Waals surface area contributed by atoms with Gasteiger partial charge in [0.25, 0.3) is 0 Å². The Labute approximate surface area is 278 Å². The van der Waals surface area contributed by atoms with Crippen molar-refractivity contribution in [2.24, 2.45) is 0 Å². The lowest BCUT2D eigenvalue weighted by Gasteiger charge is -2.22. The van der Waals surface area contributed by atoms with Gasteiger partial charge in [-0.25, -0.2) is 0 Å². The van der Waals surface area contributed by atoms with E-state index in [0.717, 1.165) is 0 Å². The van der Waals surface area contributed by atoms with Crippen LogP contribution < -0.4 is 0 Å². The van der Waals surface area contributed by atoms with Gasteiger partial charge in [-0.1, -0.05) is 135 Å². The highest BCUT2D eigenvalue weighted by molar-refractivity contribution is 6.29. The second kappa shape index (κ2) is 9.12. The molecule has 1 aromatic heterocycles. The SMILES string of the molecule is CC1(C)c2ccccc2-c2cc3c4cc5c6ccccc6c6ccccc6c5cc4n(-c4cc5ccccc5c5ccccc45)c3cc21. The third-order valence-corrected chi connectivity index (χ3v) is 11.3. The largest absolute Gasteiger partial charge is 0.309 e. The fourth-order valence-electron chi connectivity index (χ4n) is 9.09. The van der Waals surface area contributed by atoms with E-state index < -0.39 is 0 Å². The van der Waals surface area contributed by atoms with Crippen LogP contribution in [0.25, 0.3) is 92.5 Å². The van der Waals surface area contributed by atoms with Gasteiger partial charge in [-0.05, 0) is 101 Å². The summed E-state index contributed by atoms with van der Waals surface area (Å²) in [6.45, 7) is 4.77. The molecule has 1 heterocycles. The fourth-order valence-corrected chi connectivity index (χ4v) is 9.09. The number of nitrogens with zero attached hydrogens (tertiary/aromatic N) is 1. The predicted octanol–water partition coefficient (Wildman–Crippen LogP) is 12.9. The predicted molar refractivity (Wildman–Crippen MR) is 206 cm³/mol. The van der Waals surface area contributed by atoms with Crippen molar-refractivity contribution in [1.29, 1.82) is 0 Å². The lowest BCUT2D eigenvalue weighted by molar-refractivity contribution is 0.661. The highest BCUT2D eigenvalue weighted by Crippen LogP contribution is 2.52. The molecule has 0 aliphatic heterocycles. The number of fused-ring (bicyclic) bond motifs is 15. The first-order valence-electron chi connectivity index (χ1n) is 16.9. The lowest BCUT2D eigenvalue weighted by Crippen LogP contribution is -2.15. The molecule has 0 spiro atoms. The first kappa shape index (κ1) is 26.2. The third-order valence-electron chi connectivity index (χ3n) is 11.3. The van der Waals surface area contributed by atoms with Crippen LogP contribution in [0.5, 0.6) is 0 Å². The van der Waals surface area contributed by atoms with Gasteiger partial charge >= 0.3 is 0 Å². The van der Waals surface area contributed by atoms with Crippen LogP contribution in [0.1, 0.15) is 25.0 Å². The first-order chi connectivity index (χ1) is 23.6. The summed E-state index contributed by atoms with van der Waals surface area (Å²) in [4.78, 5) is 0. The molecule has 10 aromatic rings. The standard InChI is InChI=1S/C47H31N/c1-47(2)42-22-12-11-20-35(42)39-25-41-40-24-37-33-18-7-5-16-31(33)32-17-6-8-19-34(32)38(37)26-45(40)48(46(41)27-43(39)47)44-23-28-13-3-4-14-29(28)30-15-9-10-21-36(30)44/h3-27H,1-2H3. The van der Waals surface area contributed by atoms with Crippen molar-refractivity contribution in [3.05, 3.63) is 163 Å². The van der Waals surface area contributed by atoms with Crippen molar-refractivity contribution in [3.8, 4) is 16.8 Å². The molecule has 0 amide bonds. The summed E-state index contributed by atoms with van der Waals surface area (Å²) < 4.78 is 2.57. The molecule has 9 aromatic carbocycles. The molecule has 224 valence electrons. The van der Waals surface area contributed by atoms with E-state index in [2.05, 4.69) is 170 Å². The highest BCUT2D eigenvalue weighted by atomic mass is 15.0. The smallest absolute Gasteiger partial charge is 0.0547 e. The zero-order chi connectivity index (χ0) is 31.7. The van der Waals surface area contributed by atoms with Gasteiger partial charge in [-0.3, -0.25) is 0 Å². The van der Waals surface area contributed by atoms with E-state index >= 15 is 0 Å². The van der Waals surface area contributed by atoms with Gasteiger partial charge in [0, 0.05) is 21.6 Å². The summed E-state index contributed by atoms with van der Waals surface area (Å²) in [5.41, 5.74) is 9.14. The fraction of sp³-hybridized carbons (Fsp3) is 0.0638. The van der Waals surface area contributed by atoms with Crippen molar-refractivity contribution in [1.82, 2.24) is 4.57 Å². The Hall–Kier alpha value is -5.92. The summed E-state index contributed by atoms with van der Waals surface area (Å²) in [5, 5.41) is 15.5. The summed E-state index contributed by atoms with van der Waals surface area (Å²) >= 11 is 0. The molecule has 1 aliphatic carbocycles. The highest BCUT2D eigenvalue weighted by Gasteiger charge is 2.36. The van der Waals surface area contributed by atoms with Gasteiger partial charge in [-0.15, -0.1) is 0 Å². The van der Waals surface area contributed by atoms with Crippen LogP contribution in [-0.4, -0.2) is 4.57 Å². The molecule has 0 fully saturated rings. The van der Waals surface area contributed by atoms with Gasteiger partial charge in [0.1, 0.15) is 0 Å². The summed E-state index contributed by atoms with van der Waals surface area (Å²) in [7, 11) is 0. The maximum atomic E-state index is 2.57. The minimum atomic E-state index is -0.0933. The van der Waals surface area contributed by atoms with Crippen molar-refractivity contribution in [2.45, 2.75) is 19.3 Å². The van der Waals surface area contributed by atoms with E-state index in [1.165, 1.54) is 104 Å². The average molecular weight is 610 g/mol. The lowest BCUT2D eigenvalue weighted by atomic mass is 9.82. The number of rotatable bonds is 1. The topological polar surface area (TPSA) is 4.93 Å². The minimum Gasteiger partial charge on any atom is -0.309 e. The van der Waals surface area contributed by atoms with Crippen LogP contribution in [-0.2, 0) is 5.41 Å². The maximum absolute atomic E-state index is 2.57. The van der Waals surface area contributed by atoms with Gasteiger partial charge in [0.05, 0.1) is 16.7 Å².